The Balaban J connectivity index is 3.40. The molecule has 0 aliphatic heterocycles. The minimum Gasteiger partial charge on any atom is -0.490 e. The molecule has 0 atom stereocenters. The lowest BCUT2D eigenvalue weighted by molar-refractivity contribution is -0.389. The molecular weight excluding hydrogens is 204 g/mol. The molecule has 76 valence electrons. The fourth-order valence-electron chi connectivity index (χ4n) is 1.07. The number of pyridine rings is 1. The summed E-state index contributed by atoms with van der Waals surface area (Å²) in [5.74, 6) is 0.256. The van der Waals surface area contributed by atoms with Gasteiger partial charge in [-0.25, -0.2) is 4.98 Å². The van der Waals surface area contributed by atoms with Crippen molar-refractivity contribution in [3.05, 3.63) is 21.9 Å². The van der Waals surface area contributed by atoms with Gasteiger partial charge in [0.15, 0.2) is 5.03 Å². The average Bonchev–Trinajstić information content (AvgIpc) is 2.15. The van der Waals surface area contributed by atoms with Gasteiger partial charge in [0, 0.05) is 11.8 Å². The van der Waals surface area contributed by atoms with Crippen LogP contribution in [0.4, 0.5) is 5.69 Å². The van der Waals surface area contributed by atoms with Crippen LogP contribution in [-0.2, 0) is 0 Å². The van der Waals surface area contributed by atoms with Crippen molar-refractivity contribution in [2.45, 2.75) is 11.9 Å². The molecule has 0 aromatic carbocycles. The van der Waals surface area contributed by atoms with Gasteiger partial charge >= 0.3 is 5.69 Å². The number of nitro groups is 1. The van der Waals surface area contributed by atoms with Crippen LogP contribution in [0, 0.1) is 17.0 Å². The topological polar surface area (TPSA) is 65.3 Å². The standard InChI is InChI=1S/C8H10N2O3S/c1-5-4-6(13-2)7(10(11)12)8(9-5)14-3/h4H,1-3H3. The van der Waals surface area contributed by atoms with Gasteiger partial charge in [-0.2, -0.15) is 0 Å². The monoisotopic (exact) mass is 214 g/mol. The molecule has 0 radical (unpaired) electrons. The summed E-state index contributed by atoms with van der Waals surface area (Å²) < 4.78 is 4.93. The Kier molecular flexibility index (Phi) is 3.29. The van der Waals surface area contributed by atoms with Crippen LogP contribution in [0.25, 0.3) is 0 Å². The van der Waals surface area contributed by atoms with Crippen LogP contribution in [0.15, 0.2) is 11.1 Å². The van der Waals surface area contributed by atoms with E-state index < -0.39 is 4.92 Å². The molecule has 0 unspecified atom stereocenters. The lowest BCUT2D eigenvalue weighted by atomic mass is 10.3. The molecule has 0 spiro atoms. The van der Waals surface area contributed by atoms with E-state index in [1.807, 2.05) is 0 Å². The molecule has 0 saturated heterocycles. The highest BCUT2D eigenvalue weighted by molar-refractivity contribution is 7.98. The Morgan fingerprint density at radius 2 is 2.29 bits per heavy atom. The second-order valence-corrected chi connectivity index (χ2v) is 3.38. The highest BCUT2D eigenvalue weighted by atomic mass is 32.2. The summed E-state index contributed by atoms with van der Waals surface area (Å²) in [6.45, 7) is 1.77. The molecular formula is C8H10N2O3S. The zero-order chi connectivity index (χ0) is 10.7. The van der Waals surface area contributed by atoms with Crippen LogP contribution in [-0.4, -0.2) is 23.3 Å². The first-order chi connectivity index (χ1) is 6.60. The SMILES string of the molecule is COc1cc(C)nc(SC)c1[N+](=O)[O-]. The number of ether oxygens (including phenoxy) is 1. The summed E-state index contributed by atoms with van der Waals surface area (Å²) in [5, 5.41) is 11.1. The summed E-state index contributed by atoms with van der Waals surface area (Å²) >= 11 is 1.23. The van der Waals surface area contributed by atoms with Gasteiger partial charge in [0.1, 0.15) is 0 Å². The number of aryl methyl sites for hydroxylation is 1. The maximum atomic E-state index is 10.7. The highest BCUT2D eigenvalue weighted by Gasteiger charge is 2.22. The lowest BCUT2D eigenvalue weighted by Gasteiger charge is -2.05. The zero-order valence-corrected chi connectivity index (χ0v) is 8.92. The third-order valence-corrected chi connectivity index (χ3v) is 2.32. The molecule has 1 rings (SSSR count). The van der Waals surface area contributed by atoms with Crippen LogP contribution in [0.2, 0.25) is 0 Å². The van der Waals surface area contributed by atoms with Gasteiger partial charge in [0.25, 0.3) is 0 Å². The fourth-order valence-corrected chi connectivity index (χ4v) is 1.68. The molecule has 6 heteroatoms. The van der Waals surface area contributed by atoms with Crippen LogP contribution < -0.4 is 4.74 Å². The summed E-state index contributed by atoms with van der Waals surface area (Å²) in [5.41, 5.74) is 0.641. The molecule has 1 aromatic heterocycles. The van der Waals surface area contributed by atoms with E-state index in [1.54, 1.807) is 19.2 Å². The molecule has 0 aliphatic rings. The van der Waals surface area contributed by atoms with E-state index >= 15 is 0 Å². The quantitative estimate of drug-likeness (QED) is 0.437. The number of thioether (sulfide) groups is 1. The predicted molar refractivity (Wildman–Crippen MR) is 54.0 cm³/mol. The van der Waals surface area contributed by atoms with Crippen molar-refractivity contribution in [2.75, 3.05) is 13.4 Å². The molecule has 0 saturated carbocycles. The Morgan fingerprint density at radius 1 is 1.64 bits per heavy atom. The Labute approximate surface area is 85.6 Å². The second-order valence-electron chi connectivity index (χ2n) is 2.58. The van der Waals surface area contributed by atoms with Gasteiger partial charge in [-0.15, -0.1) is 11.8 Å². The first-order valence-corrected chi connectivity index (χ1v) is 5.06. The number of aromatic nitrogens is 1. The van der Waals surface area contributed by atoms with Crippen molar-refractivity contribution in [1.82, 2.24) is 4.98 Å². The molecule has 0 bridgehead atoms. The summed E-state index contributed by atoms with van der Waals surface area (Å²) in [6.07, 6.45) is 1.74. The van der Waals surface area contributed by atoms with Gasteiger partial charge in [0.2, 0.25) is 5.75 Å². The summed E-state index contributed by atoms with van der Waals surface area (Å²) in [4.78, 5) is 14.3. The van der Waals surface area contributed by atoms with Gasteiger partial charge in [-0.05, 0) is 13.2 Å². The van der Waals surface area contributed by atoms with E-state index in [0.29, 0.717) is 10.7 Å². The van der Waals surface area contributed by atoms with Crippen molar-refractivity contribution in [2.24, 2.45) is 0 Å². The molecule has 14 heavy (non-hydrogen) atoms. The number of hydrogen-bond donors (Lipinski definition) is 0. The molecule has 0 amide bonds. The number of rotatable bonds is 3. The first-order valence-electron chi connectivity index (χ1n) is 3.84. The highest BCUT2D eigenvalue weighted by Crippen LogP contribution is 2.34. The maximum Gasteiger partial charge on any atom is 0.342 e. The Bertz CT molecular complexity index is 343. The molecule has 1 aromatic rings. The average molecular weight is 214 g/mol. The van der Waals surface area contributed by atoms with E-state index in [9.17, 15) is 10.1 Å². The smallest absolute Gasteiger partial charge is 0.342 e. The van der Waals surface area contributed by atoms with Crippen molar-refractivity contribution in [3.8, 4) is 5.75 Å². The molecule has 0 fully saturated rings. The van der Waals surface area contributed by atoms with E-state index in [1.165, 1.54) is 18.9 Å². The predicted octanol–water partition coefficient (Wildman–Crippen LogP) is 2.03. The first kappa shape index (κ1) is 10.8. The lowest BCUT2D eigenvalue weighted by Crippen LogP contribution is -1.99. The van der Waals surface area contributed by atoms with Crippen molar-refractivity contribution >= 4 is 17.4 Å². The molecule has 0 aliphatic carbocycles. The van der Waals surface area contributed by atoms with Crippen LogP contribution in [0.3, 0.4) is 0 Å². The minimum absolute atomic E-state index is 0.0643. The second kappa shape index (κ2) is 4.28. The summed E-state index contributed by atoms with van der Waals surface area (Å²) in [7, 11) is 1.41. The minimum atomic E-state index is -0.475. The van der Waals surface area contributed by atoms with E-state index in [2.05, 4.69) is 4.98 Å². The van der Waals surface area contributed by atoms with E-state index in [0.717, 1.165) is 0 Å². The fraction of sp³-hybridized carbons (Fsp3) is 0.375. The Morgan fingerprint density at radius 3 is 2.71 bits per heavy atom. The van der Waals surface area contributed by atoms with Gasteiger partial charge < -0.3 is 4.74 Å². The largest absolute Gasteiger partial charge is 0.490 e. The van der Waals surface area contributed by atoms with Crippen LogP contribution in [0.5, 0.6) is 5.75 Å². The number of methoxy groups -OCH3 is 1. The van der Waals surface area contributed by atoms with Gasteiger partial charge in [-0.1, -0.05) is 0 Å². The van der Waals surface area contributed by atoms with Crippen molar-refractivity contribution in [3.63, 3.8) is 0 Å². The number of nitrogens with zero attached hydrogens (tertiary/aromatic N) is 2. The Hall–Kier alpha value is -1.30. The van der Waals surface area contributed by atoms with Gasteiger partial charge in [-0.3, -0.25) is 10.1 Å². The zero-order valence-electron chi connectivity index (χ0n) is 8.10. The van der Waals surface area contributed by atoms with Gasteiger partial charge in [0.05, 0.1) is 12.0 Å². The maximum absolute atomic E-state index is 10.7. The molecule has 5 nitrogen and oxygen atoms in total. The third-order valence-electron chi connectivity index (χ3n) is 1.65. The normalized spacial score (nSPS) is 9.93. The van der Waals surface area contributed by atoms with Crippen molar-refractivity contribution in [1.29, 1.82) is 0 Å². The van der Waals surface area contributed by atoms with Crippen molar-refractivity contribution < 1.29 is 9.66 Å². The van der Waals surface area contributed by atoms with E-state index in [-0.39, 0.29) is 11.4 Å². The molecule has 1 heterocycles. The number of hydrogen-bond acceptors (Lipinski definition) is 5. The summed E-state index contributed by atoms with van der Waals surface area (Å²) in [6, 6.07) is 1.55. The third kappa shape index (κ3) is 1.95. The van der Waals surface area contributed by atoms with E-state index in [4.69, 9.17) is 4.74 Å². The molecule has 0 N–H and O–H groups in total. The van der Waals surface area contributed by atoms with Crippen LogP contribution in [0.1, 0.15) is 5.69 Å². The van der Waals surface area contributed by atoms with Crippen LogP contribution >= 0.6 is 11.8 Å².